The van der Waals surface area contributed by atoms with Crippen LogP contribution in [-0.2, 0) is 17.7 Å². The molecule has 1 aromatic carbocycles. The summed E-state index contributed by atoms with van der Waals surface area (Å²) in [6, 6.07) is 7.81. The molecule has 4 rings (SSSR count). The Kier molecular flexibility index (Phi) is 5.58. The number of carboxylic acid groups (broad SMARTS) is 1. The largest absolute Gasteiger partial charge is 0.478 e. The number of anilines is 1. The highest BCUT2D eigenvalue weighted by atomic mass is 32.1. The SMILES string of the molecule is CC1(C)CCc2sc(-c3cc(C#N)ccc3N3CCC(ON)CC3)c(C(=O)O)c2C1. The molecular weight excluding hydrogens is 398 g/mol. The number of carboxylic acids is 1. The number of nitrogens with zero attached hydrogens (tertiary/aromatic N) is 2. The summed E-state index contributed by atoms with van der Waals surface area (Å²) in [4.78, 5) is 21.6. The summed E-state index contributed by atoms with van der Waals surface area (Å²) in [5.74, 6) is 4.47. The van der Waals surface area contributed by atoms with E-state index in [1.165, 1.54) is 4.88 Å². The topological polar surface area (TPSA) is 99.6 Å². The molecule has 7 heteroatoms. The van der Waals surface area contributed by atoms with Gasteiger partial charge >= 0.3 is 5.97 Å². The van der Waals surface area contributed by atoms with Crippen LogP contribution in [-0.4, -0.2) is 30.3 Å². The molecule has 0 spiro atoms. The maximum Gasteiger partial charge on any atom is 0.337 e. The van der Waals surface area contributed by atoms with E-state index in [0.717, 1.165) is 66.9 Å². The van der Waals surface area contributed by atoms with Crippen LogP contribution in [0.3, 0.4) is 0 Å². The van der Waals surface area contributed by atoms with Crippen molar-refractivity contribution < 1.29 is 14.7 Å². The fourth-order valence-electron chi connectivity index (χ4n) is 4.63. The van der Waals surface area contributed by atoms with Gasteiger partial charge in [0.1, 0.15) is 0 Å². The van der Waals surface area contributed by atoms with Gasteiger partial charge in [-0.25, -0.2) is 10.7 Å². The number of fused-ring (bicyclic) bond motifs is 1. The second-order valence-electron chi connectivity index (χ2n) is 9.02. The number of nitriles is 1. The second kappa shape index (κ2) is 8.03. The van der Waals surface area contributed by atoms with E-state index in [1.807, 2.05) is 12.1 Å². The summed E-state index contributed by atoms with van der Waals surface area (Å²) in [7, 11) is 0. The Morgan fingerprint density at radius 3 is 2.73 bits per heavy atom. The van der Waals surface area contributed by atoms with Crippen LogP contribution >= 0.6 is 11.3 Å². The summed E-state index contributed by atoms with van der Waals surface area (Å²) in [5, 5.41) is 19.6. The number of rotatable bonds is 4. The van der Waals surface area contributed by atoms with E-state index >= 15 is 0 Å². The number of aryl methyl sites for hydroxylation is 1. The number of aromatic carboxylic acids is 1. The maximum absolute atomic E-state index is 12.4. The van der Waals surface area contributed by atoms with Crippen molar-refractivity contribution in [2.75, 3.05) is 18.0 Å². The third-order valence-electron chi connectivity index (χ3n) is 6.33. The number of nitrogens with two attached hydrogens (primary N) is 1. The predicted octanol–water partition coefficient (Wildman–Crippen LogP) is 4.36. The van der Waals surface area contributed by atoms with Crippen LogP contribution in [0, 0.1) is 16.7 Å². The van der Waals surface area contributed by atoms with E-state index in [4.69, 9.17) is 10.7 Å². The molecule has 0 radical (unpaired) electrons. The highest BCUT2D eigenvalue weighted by Crippen LogP contribution is 2.47. The average Bonchev–Trinajstić information content (AvgIpc) is 3.11. The van der Waals surface area contributed by atoms with Crippen LogP contribution in [0.2, 0.25) is 0 Å². The molecule has 2 aromatic rings. The van der Waals surface area contributed by atoms with Crippen molar-refractivity contribution in [3.8, 4) is 16.5 Å². The van der Waals surface area contributed by atoms with Gasteiger partial charge < -0.3 is 14.8 Å². The van der Waals surface area contributed by atoms with E-state index in [-0.39, 0.29) is 11.5 Å². The lowest BCUT2D eigenvalue weighted by Gasteiger charge is -2.33. The van der Waals surface area contributed by atoms with E-state index in [0.29, 0.717) is 11.1 Å². The van der Waals surface area contributed by atoms with Crippen molar-refractivity contribution in [1.82, 2.24) is 0 Å². The van der Waals surface area contributed by atoms with Crippen molar-refractivity contribution in [1.29, 1.82) is 5.26 Å². The third kappa shape index (κ3) is 3.83. The zero-order valence-corrected chi connectivity index (χ0v) is 18.2. The van der Waals surface area contributed by atoms with Gasteiger partial charge in [0.05, 0.1) is 28.2 Å². The Morgan fingerprint density at radius 2 is 2.10 bits per heavy atom. The summed E-state index contributed by atoms with van der Waals surface area (Å²) in [6.07, 6.45) is 4.41. The van der Waals surface area contributed by atoms with E-state index in [1.54, 1.807) is 17.4 Å². The highest BCUT2D eigenvalue weighted by Gasteiger charge is 2.34. The normalized spacial score (nSPS) is 18.7. The molecule has 0 amide bonds. The molecule has 1 saturated heterocycles. The first kappa shape index (κ1) is 20.9. The number of benzene rings is 1. The average molecular weight is 426 g/mol. The number of carbonyl (C=O) groups is 1. The van der Waals surface area contributed by atoms with Crippen LogP contribution in [0.5, 0.6) is 0 Å². The molecule has 2 aliphatic rings. The minimum atomic E-state index is -0.885. The predicted molar refractivity (Wildman–Crippen MR) is 118 cm³/mol. The number of thiophene rings is 1. The zero-order chi connectivity index (χ0) is 21.5. The summed E-state index contributed by atoms with van der Waals surface area (Å²) in [5.41, 5.74) is 3.84. The van der Waals surface area contributed by atoms with Crippen LogP contribution in [0.15, 0.2) is 18.2 Å². The quantitative estimate of drug-likeness (QED) is 0.706. The van der Waals surface area contributed by atoms with Crippen LogP contribution in [0.4, 0.5) is 5.69 Å². The fraction of sp³-hybridized carbons (Fsp3) is 0.478. The molecule has 1 aromatic heterocycles. The van der Waals surface area contributed by atoms with E-state index in [9.17, 15) is 15.2 Å². The Morgan fingerprint density at radius 1 is 1.37 bits per heavy atom. The first-order valence-electron chi connectivity index (χ1n) is 10.4. The lowest BCUT2D eigenvalue weighted by Crippen LogP contribution is -2.38. The molecule has 158 valence electrons. The molecule has 0 unspecified atom stereocenters. The van der Waals surface area contributed by atoms with Gasteiger partial charge in [0.2, 0.25) is 0 Å². The fourth-order valence-corrected chi connectivity index (χ4v) is 5.97. The molecule has 1 aliphatic carbocycles. The number of hydrogen-bond donors (Lipinski definition) is 2. The van der Waals surface area contributed by atoms with Crippen molar-refractivity contribution in [2.24, 2.45) is 11.3 Å². The smallest absolute Gasteiger partial charge is 0.337 e. The highest BCUT2D eigenvalue weighted by molar-refractivity contribution is 7.16. The third-order valence-corrected chi connectivity index (χ3v) is 7.66. The van der Waals surface area contributed by atoms with Crippen molar-refractivity contribution in [3.63, 3.8) is 0 Å². The molecule has 3 N–H and O–H groups in total. The molecule has 0 bridgehead atoms. The van der Waals surface area contributed by atoms with Gasteiger partial charge in [-0.2, -0.15) is 5.26 Å². The lowest BCUT2D eigenvalue weighted by molar-refractivity contribution is 0.0368. The monoisotopic (exact) mass is 425 g/mol. The van der Waals surface area contributed by atoms with Gasteiger partial charge in [-0.3, -0.25) is 0 Å². The Balaban J connectivity index is 1.84. The van der Waals surface area contributed by atoms with Gasteiger partial charge in [0.15, 0.2) is 0 Å². The first-order valence-corrected chi connectivity index (χ1v) is 11.2. The second-order valence-corrected chi connectivity index (χ2v) is 10.1. The van der Waals surface area contributed by atoms with Crippen molar-refractivity contribution >= 4 is 23.0 Å². The molecular formula is C23H27N3O3S. The van der Waals surface area contributed by atoms with E-state index < -0.39 is 5.97 Å². The van der Waals surface area contributed by atoms with Gasteiger partial charge in [-0.15, -0.1) is 11.3 Å². The molecule has 0 atom stereocenters. The van der Waals surface area contributed by atoms with E-state index in [2.05, 4.69) is 24.8 Å². The number of hydrogen-bond acceptors (Lipinski definition) is 6. The molecule has 1 aliphatic heterocycles. The Hall–Kier alpha value is -2.40. The molecule has 0 saturated carbocycles. The van der Waals surface area contributed by atoms with Crippen molar-refractivity contribution in [2.45, 2.75) is 52.1 Å². The van der Waals surface area contributed by atoms with Gasteiger partial charge in [-0.05, 0) is 61.3 Å². The first-order chi connectivity index (χ1) is 14.3. The molecule has 30 heavy (non-hydrogen) atoms. The number of piperidine rings is 1. The maximum atomic E-state index is 12.4. The Labute approximate surface area is 180 Å². The minimum Gasteiger partial charge on any atom is -0.478 e. The van der Waals surface area contributed by atoms with Crippen LogP contribution < -0.4 is 10.8 Å². The molecule has 6 nitrogen and oxygen atoms in total. The zero-order valence-electron chi connectivity index (χ0n) is 17.4. The van der Waals surface area contributed by atoms with Crippen molar-refractivity contribution in [3.05, 3.63) is 39.8 Å². The molecule has 2 heterocycles. The standard InChI is InChI=1S/C23H27N3O3S/c1-23(2)8-5-19-17(12-23)20(22(27)28)21(30-19)16-11-14(13-24)3-4-18(16)26-9-6-15(29-25)7-10-26/h3-4,11,15H,5-10,12,25H2,1-2H3,(H,27,28). The molecule has 1 fully saturated rings. The lowest BCUT2D eigenvalue weighted by atomic mass is 9.76. The van der Waals surface area contributed by atoms with Crippen LogP contribution in [0.25, 0.3) is 10.4 Å². The minimum absolute atomic E-state index is 0.0499. The summed E-state index contributed by atoms with van der Waals surface area (Å²) in [6.45, 7) is 5.96. The Bertz CT molecular complexity index is 1010. The van der Waals surface area contributed by atoms with Gasteiger partial charge in [0.25, 0.3) is 0 Å². The summed E-state index contributed by atoms with van der Waals surface area (Å²) >= 11 is 1.58. The van der Waals surface area contributed by atoms with Gasteiger partial charge in [-0.1, -0.05) is 13.8 Å². The summed E-state index contributed by atoms with van der Waals surface area (Å²) < 4.78 is 0. The van der Waals surface area contributed by atoms with Crippen LogP contribution in [0.1, 0.15) is 59.5 Å². The van der Waals surface area contributed by atoms with Gasteiger partial charge in [0, 0.05) is 29.2 Å².